The Labute approximate surface area is 141 Å². The van der Waals surface area contributed by atoms with Crippen LogP contribution in [0.2, 0.25) is 0 Å². The van der Waals surface area contributed by atoms with Gasteiger partial charge in [-0.15, -0.1) is 0 Å². The van der Waals surface area contributed by atoms with Crippen molar-refractivity contribution in [1.29, 1.82) is 0 Å². The van der Waals surface area contributed by atoms with Crippen LogP contribution in [0.1, 0.15) is 23.2 Å². The molecule has 0 N–H and O–H groups in total. The van der Waals surface area contributed by atoms with E-state index in [-0.39, 0.29) is 6.29 Å². The Kier molecular flexibility index (Phi) is 4.40. The van der Waals surface area contributed by atoms with Crippen molar-refractivity contribution in [1.82, 2.24) is 4.57 Å². The molecule has 0 amide bonds. The molecule has 1 saturated heterocycles. The van der Waals surface area contributed by atoms with E-state index in [9.17, 15) is 0 Å². The zero-order valence-corrected chi connectivity index (χ0v) is 13.5. The maximum atomic E-state index is 5.79. The molecule has 4 nitrogen and oxygen atoms in total. The van der Waals surface area contributed by atoms with Crippen LogP contribution in [0.4, 0.5) is 0 Å². The molecular formula is C20H21N2O2+. The highest BCUT2D eigenvalue weighted by Crippen LogP contribution is 2.22. The smallest absolute Gasteiger partial charge is 0.315 e. The maximum Gasteiger partial charge on any atom is 0.315 e. The fourth-order valence-electron chi connectivity index (χ4n) is 3.08. The first kappa shape index (κ1) is 15.1. The molecule has 122 valence electrons. The number of rotatable bonds is 5. The first-order valence-corrected chi connectivity index (χ1v) is 8.30. The van der Waals surface area contributed by atoms with Gasteiger partial charge in [0.25, 0.3) is 6.29 Å². The minimum Gasteiger partial charge on any atom is -0.340 e. The topological polar surface area (TPSA) is 27.3 Å². The Balaban J connectivity index is 1.66. The Hall–Kier alpha value is -2.43. The molecule has 0 bridgehead atoms. The molecule has 3 aromatic rings. The number of ether oxygens (including phenoxy) is 2. The van der Waals surface area contributed by atoms with E-state index in [1.807, 2.05) is 12.1 Å². The van der Waals surface area contributed by atoms with Gasteiger partial charge in [0.15, 0.2) is 0 Å². The SMILES string of the molecule is c1ccc(Cn2cc[n+](Cc3ccccc3)c2C2OCCO2)cc1. The molecule has 1 aliphatic rings. The van der Waals surface area contributed by atoms with Gasteiger partial charge in [0, 0.05) is 0 Å². The summed E-state index contributed by atoms with van der Waals surface area (Å²) in [5.74, 6) is 1.06. The Morgan fingerprint density at radius 2 is 1.50 bits per heavy atom. The molecule has 0 radical (unpaired) electrons. The van der Waals surface area contributed by atoms with Crippen LogP contribution in [0, 0.1) is 0 Å². The predicted molar refractivity (Wildman–Crippen MR) is 90.4 cm³/mol. The Bertz CT molecular complexity index is 719. The molecule has 0 aliphatic carbocycles. The van der Waals surface area contributed by atoms with E-state index in [0.717, 1.165) is 18.9 Å². The highest BCUT2D eigenvalue weighted by molar-refractivity contribution is 5.16. The van der Waals surface area contributed by atoms with Gasteiger partial charge in [-0.05, 0) is 11.1 Å². The number of nitrogens with zero attached hydrogens (tertiary/aromatic N) is 2. The van der Waals surface area contributed by atoms with Gasteiger partial charge >= 0.3 is 5.82 Å². The van der Waals surface area contributed by atoms with Crippen LogP contribution in [-0.4, -0.2) is 17.8 Å². The number of hydrogen-bond acceptors (Lipinski definition) is 2. The molecule has 0 spiro atoms. The summed E-state index contributed by atoms with van der Waals surface area (Å²) in [5.41, 5.74) is 2.53. The minimum atomic E-state index is -0.299. The summed E-state index contributed by atoms with van der Waals surface area (Å²) in [5, 5.41) is 0. The van der Waals surface area contributed by atoms with Gasteiger partial charge < -0.3 is 9.47 Å². The van der Waals surface area contributed by atoms with Crippen LogP contribution < -0.4 is 4.57 Å². The summed E-state index contributed by atoms with van der Waals surface area (Å²) < 4.78 is 16.0. The molecule has 4 heteroatoms. The van der Waals surface area contributed by atoms with Crippen LogP contribution in [0.5, 0.6) is 0 Å². The Morgan fingerprint density at radius 3 is 2.17 bits per heavy atom. The first-order chi connectivity index (χ1) is 11.9. The zero-order chi connectivity index (χ0) is 16.2. The van der Waals surface area contributed by atoms with E-state index in [2.05, 4.69) is 70.1 Å². The lowest BCUT2D eigenvalue weighted by Gasteiger charge is -2.10. The van der Waals surface area contributed by atoms with E-state index in [4.69, 9.17) is 9.47 Å². The molecule has 0 atom stereocenters. The molecule has 1 aromatic heterocycles. The van der Waals surface area contributed by atoms with Crippen LogP contribution in [-0.2, 0) is 22.6 Å². The van der Waals surface area contributed by atoms with Gasteiger partial charge in [-0.2, -0.15) is 0 Å². The zero-order valence-electron chi connectivity index (χ0n) is 13.5. The fraction of sp³-hybridized carbons (Fsp3) is 0.250. The second kappa shape index (κ2) is 6.99. The normalized spacial score (nSPS) is 15.0. The van der Waals surface area contributed by atoms with Crippen LogP contribution in [0.15, 0.2) is 73.1 Å². The summed E-state index contributed by atoms with van der Waals surface area (Å²) >= 11 is 0. The maximum absolute atomic E-state index is 5.79. The van der Waals surface area contributed by atoms with Crippen molar-refractivity contribution >= 4 is 0 Å². The summed E-state index contributed by atoms with van der Waals surface area (Å²) in [6, 6.07) is 20.9. The second-order valence-corrected chi connectivity index (χ2v) is 5.96. The molecule has 1 aliphatic heterocycles. The molecule has 2 heterocycles. The van der Waals surface area contributed by atoms with Crippen molar-refractivity contribution in [3.8, 4) is 0 Å². The van der Waals surface area contributed by atoms with Gasteiger partial charge in [0.1, 0.15) is 25.5 Å². The van der Waals surface area contributed by atoms with Gasteiger partial charge in [0.2, 0.25) is 0 Å². The lowest BCUT2D eigenvalue weighted by molar-refractivity contribution is -0.701. The second-order valence-electron chi connectivity index (χ2n) is 5.96. The highest BCUT2D eigenvalue weighted by Gasteiger charge is 2.32. The standard InChI is InChI=1S/C20H21N2O2/c1-3-7-17(8-4-1)15-21-11-12-22(16-18-9-5-2-6-10-18)19(21)20-23-13-14-24-20/h1-12,20H,13-16H2/q+1. The van der Waals surface area contributed by atoms with Crippen molar-refractivity contribution < 1.29 is 14.0 Å². The number of benzene rings is 2. The number of hydrogen-bond donors (Lipinski definition) is 0. The number of imidazole rings is 1. The predicted octanol–water partition coefficient (Wildman–Crippen LogP) is 2.92. The third-order valence-corrected chi connectivity index (χ3v) is 4.24. The minimum absolute atomic E-state index is 0.299. The van der Waals surface area contributed by atoms with E-state index in [1.165, 1.54) is 11.1 Å². The fourth-order valence-corrected chi connectivity index (χ4v) is 3.08. The van der Waals surface area contributed by atoms with Gasteiger partial charge in [-0.25, -0.2) is 9.13 Å². The highest BCUT2D eigenvalue weighted by atomic mass is 16.7. The lowest BCUT2D eigenvalue weighted by atomic mass is 10.2. The summed E-state index contributed by atoms with van der Waals surface area (Å²) in [6.07, 6.45) is 3.92. The summed E-state index contributed by atoms with van der Waals surface area (Å²) in [4.78, 5) is 0. The van der Waals surface area contributed by atoms with Gasteiger partial charge in [-0.3, -0.25) is 0 Å². The van der Waals surface area contributed by atoms with Crippen molar-refractivity contribution in [2.24, 2.45) is 0 Å². The number of aromatic nitrogens is 2. The lowest BCUT2D eigenvalue weighted by Crippen LogP contribution is -2.39. The average molecular weight is 321 g/mol. The van der Waals surface area contributed by atoms with Crippen molar-refractivity contribution in [3.63, 3.8) is 0 Å². The molecule has 1 fully saturated rings. The van der Waals surface area contributed by atoms with Crippen LogP contribution >= 0.6 is 0 Å². The first-order valence-electron chi connectivity index (χ1n) is 8.30. The third kappa shape index (κ3) is 3.25. The van der Waals surface area contributed by atoms with Crippen molar-refractivity contribution in [2.75, 3.05) is 13.2 Å². The van der Waals surface area contributed by atoms with Crippen LogP contribution in [0.25, 0.3) is 0 Å². The molecule has 0 saturated carbocycles. The molecule has 24 heavy (non-hydrogen) atoms. The quantitative estimate of drug-likeness (QED) is 0.676. The van der Waals surface area contributed by atoms with Crippen molar-refractivity contribution in [3.05, 3.63) is 90.0 Å². The Morgan fingerprint density at radius 1 is 0.875 bits per heavy atom. The largest absolute Gasteiger partial charge is 0.340 e. The van der Waals surface area contributed by atoms with E-state index in [0.29, 0.717) is 13.2 Å². The molecule has 2 aromatic carbocycles. The van der Waals surface area contributed by atoms with E-state index >= 15 is 0 Å². The average Bonchev–Trinajstić information content (AvgIpc) is 3.27. The van der Waals surface area contributed by atoms with Crippen molar-refractivity contribution in [2.45, 2.75) is 19.4 Å². The van der Waals surface area contributed by atoms with Gasteiger partial charge in [-0.1, -0.05) is 60.7 Å². The molecule has 0 unspecified atom stereocenters. The monoisotopic (exact) mass is 321 g/mol. The third-order valence-electron chi connectivity index (χ3n) is 4.24. The molecule has 4 rings (SSSR count). The van der Waals surface area contributed by atoms with E-state index in [1.54, 1.807) is 0 Å². The summed E-state index contributed by atoms with van der Waals surface area (Å²) in [6.45, 7) is 2.90. The van der Waals surface area contributed by atoms with Crippen LogP contribution in [0.3, 0.4) is 0 Å². The molecular weight excluding hydrogens is 300 g/mol. The van der Waals surface area contributed by atoms with E-state index < -0.39 is 0 Å². The van der Waals surface area contributed by atoms with Gasteiger partial charge in [0.05, 0.1) is 13.2 Å². The summed E-state index contributed by atoms with van der Waals surface area (Å²) in [7, 11) is 0.